The third-order valence-electron chi connectivity index (χ3n) is 4.42. The van der Waals surface area contributed by atoms with E-state index in [0.29, 0.717) is 34.6 Å². The van der Waals surface area contributed by atoms with Crippen LogP contribution in [0.4, 0.5) is 0 Å². The average Bonchev–Trinajstić information content (AvgIpc) is 3.09. The number of phenolic OH excluding ortho intramolecular Hbond substituents is 2. The molecule has 1 aliphatic rings. The lowest BCUT2D eigenvalue weighted by atomic mass is 9.96. The number of hydrogen-bond donors (Lipinski definition) is 3. The zero-order chi connectivity index (χ0) is 17.1. The van der Waals surface area contributed by atoms with Gasteiger partial charge in [0.2, 0.25) is 0 Å². The summed E-state index contributed by atoms with van der Waals surface area (Å²) in [5.74, 6) is 1.39. The van der Waals surface area contributed by atoms with Gasteiger partial charge in [-0.15, -0.1) is 0 Å². The smallest absolute Gasteiger partial charge is 0.138 e. The molecule has 0 radical (unpaired) electrons. The first-order chi connectivity index (χ1) is 11.3. The Morgan fingerprint density at radius 1 is 1.08 bits per heavy atom. The van der Waals surface area contributed by atoms with Crippen LogP contribution >= 0.6 is 0 Å². The lowest BCUT2D eigenvalue weighted by Crippen LogP contribution is -2.39. The SMILES string of the molecule is CC(C)(O)C1Cc2c(O)cc(-c3cc4ccc(O)cc4o3)cc2O1. The van der Waals surface area contributed by atoms with Crippen LogP contribution in [0, 0.1) is 0 Å². The van der Waals surface area contributed by atoms with Crippen LogP contribution in [-0.2, 0) is 6.42 Å². The van der Waals surface area contributed by atoms with E-state index >= 15 is 0 Å². The second-order valence-corrected chi connectivity index (χ2v) is 6.77. The third kappa shape index (κ3) is 2.37. The van der Waals surface area contributed by atoms with E-state index in [0.717, 1.165) is 5.39 Å². The van der Waals surface area contributed by atoms with E-state index in [1.807, 2.05) is 6.07 Å². The van der Waals surface area contributed by atoms with Gasteiger partial charge in [-0.1, -0.05) is 0 Å². The minimum Gasteiger partial charge on any atom is -0.508 e. The van der Waals surface area contributed by atoms with Crippen molar-refractivity contribution in [3.63, 3.8) is 0 Å². The van der Waals surface area contributed by atoms with Crippen molar-refractivity contribution in [2.45, 2.75) is 32.0 Å². The maximum absolute atomic E-state index is 10.3. The van der Waals surface area contributed by atoms with Gasteiger partial charge >= 0.3 is 0 Å². The highest BCUT2D eigenvalue weighted by atomic mass is 16.5. The zero-order valence-electron chi connectivity index (χ0n) is 13.4. The van der Waals surface area contributed by atoms with Crippen LogP contribution in [0.25, 0.3) is 22.3 Å². The van der Waals surface area contributed by atoms with Gasteiger partial charge in [0.1, 0.15) is 34.7 Å². The number of aromatic hydroxyl groups is 2. The molecule has 1 atom stereocenters. The van der Waals surface area contributed by atoms with Crippen LogP contribution in [0.5, 0.6) is 17.2 Å². The third-order valence-corrected chi connectivity index (χ3v) is 4.42. The predicted molar refractivity (Wildman–Crippen MR) is 89.4 cm³/mol. The Kier molecular flexibility index (Phi) is 3.05. The van der Waals surface area contributed by atoms with Crippen molar-refractivity contribution in [2.75, 3.05) is 0 Å². The van der Waals surface area contributed by atoms with E-state index < -0.39 is 11.7 Å². The molecule has 3 aromatic rings. The Hall–Kier alpha value is -2.66. The lowest BCUT2D eigenvalue weighted by molar-refractivity contribution is -0.0229. The summed E-state index contributed by atoms with van der Waals surface area (Å²) in [6.07, 6.45) is 0.0557. The van der Waals surface area contributed by atoms with Crippen LogP contribution in [0.15, 0.2) is 40.8 Å². The second kappa shape index (κ2) is 4.92. The molecule has 0 fully saturated rings. The molecule has 5 nitrogen and oxygen atoms in total. The Morgan fingerprint density at radius 2 is 1.88 bits per heavy atom. The average molecular weight is 326 g/mol. The number of hydrogen-bond acceptors (Lipinski definition) is 5. The molecule has 24 heavy (non-hydrogen) atoms. The zero-order valence-corrected chi connectivity index (χ0v) is 13.4. The number of rotatable bonds is 2. The molecule has 0 spiro atoms. The Labute approximate surface area is 138 Å². The van der Waals surface area contributed by atoms with Gasteiger partial charge in [-0.3, -0.25) is 0 Å². The number of aliphatic hydroxyl groups is 1. The highest BCUT2D eigenvalue weighted by Crippen LogP contribution is 2.42. The summed E-state index contributed by atoms with van der Waals surface area (Å²) < 4.78 is 11.6. The molecule has 0 saturated heterocycles. The summed E-state index contributed by atoms with van der Waals surface area (Å²) in [7, 11) is 0. The van der Waals surface area contributed by atoms with Crippen molar-refractivity contribution in [3.05, 3.63) is 42.0 Å². The molecule has 0 saturated carbocycles. The summed E-state index contributed by atoms with van der Waals surface area (Å²) in [6, 6.07) is 10.2. The van der Waals surface area contributed by atoms with Crippen molar-refractivity contribution in [3.8, 4) is 28.6 Å². The van der Waals surface area contributed by atoms with Crippen molar-refractivity contribution in [1.82, 2.24) is 0 Å². The van der Waals surface area contributed by atoms with Crippen LogP contribution in [0.3, 0.4) is 0 Å². The molecule has 2 aromatic carbocycles. The predicted octanol–water partition coefficient (Wildman–Crippen LogP) is 3.59. The number of furan rings is 1. The molecule has 1 aromatic heterocycles. The van der Waals surface area contributed by atoms with Gasteiger partial charge in [-0.25, -0.2) is 0 Å². The van der Waals surface area contributed by atoms with Gasteiger partial charge in [0.05, 0.1) is 5.60 Å². The molecule has 124 valence electrons. The maximum Gasteiger partial charge on any atom is 0.138 e. The molecular weight excluding hydrogens is 308 g/mol. The fourth-order valence-corrected chi connectivity index (χ4v) is 3.02. The molecule has 5 heteroatoms. The van der Waals surface area contributed by atoms with E-state index in [4.69, 9.17) is 9.15 Å². The van der Waals surface area contributed by atoms with Gasteiger partial charge in [-0.05, 0) is 44.2 Å². The summed E-state index contributed by atoms with van der Waals surface area (Å²) in [6.45, 7) is 3.38. The van der Waals surface area contributed by atoms with E-state index in [9.17, 15) is 15.3 Å². The summed E-state index contributed by atoms with van der Waals surface area (Å²) >= 11 is 0. The summed E-state index contributed by atoms with van der Waals surface area (Å²) in [5, 5.41) is 30.9. The summed E-state index contributed by atoms with van der Waals surface area (Å²) in [4.78, 5) is 0. The molecule has 1 unspecified atom stereocenters. The van der Waals surface area contributed by atoms with Gasteiger partial charge in [0, 0.05) is 29.0 Å². The summed E-state index contributed by atoms with van der Waals surface area (Å²) in [5.41, 5.74) is 0.945. The first-order valence-corrected chi connectivity index (χ1v) is 7.79. The largest absolute Gasteiger partial charge is 0.508 e. The maximum atomic E-state index is 10.3. The number of fused-ring (bicyclic) bond motifs is 2. The van der Waals surface area contributed by atoms with Crippen molar-refractivity contribution < 1.29 is 24.5 Å². The standard InChI is InChI=1S/C19H18O5/c1-19(2,22)18-9-13-14(21)5-11(7-17(13)24-18)15-6-10-3-4-12(20)8-16(10)23-15/h3-8,18,20-22H,9H2,1-2H3. The van der Waals surface area contributed by atoms with Crippen LogP contribution in [0.1, 0.15) is 19.4 Å². The molecule has 0 bridgehead atoms. The Bertz CT molecular complexity index is 933. The first kappa shape index (κ1) is 14.9. The molecule has 0 amide bonds. The minimum absolute atomic E-state index is 0.123. The molecule has 1 aliphatic heterocycles. The van der Waals surface area contributed by atoms with E-state index in [1.54, 1.807) is 44.2 Å². The number of benzene rings is 2. The highest BCUT2D eigenvalue weighted by Gasteiger charge is 2.36. The molecular formula is C19H18O5. The molecule has 3 N–H and O–H groups in total. The molecule has 2 heterocycles. The van der Waals surface area contributed by atoms with Gasteiger partial charge in [0.25, 0.3) is 0 Å². The quantitative estimate of drug-likeness (QED) is 0.670. The fraction of sp³-hybridized carbons (Fsp3) is 0.263. The Morgan fingerprint density at radius 3 is 2.62 bits per heavy atom. The van der Waals surface area contributed by atoms with Gasteiger partial charge in [0.15, 0.2) is 0 Å². The normalized spacial score (nSPS) is 17.0. The molecule has 4 rings (SSSR count). The van der Waals surface area contributed by atoms with Crippen molar-refractivity contribution in [2.24, 2.45) is 0 Å². The van der Waals surface area contributed by atoms with Crippen LogP contribution < -0.4 is 4.74 Å². The van der Waals surface area contributed by atoms with Crippen LogP contribution in [0.2, 0.25) is 0 Å². The number of phenols is 2. The highest BCUT2D eigenvalue weighted by molar-refractivity contribution is 5.84. The van der Waals surface area contributed by atoms with Crippen LogP contribution in [-0.4, -0.2) is 27.0 Å². The van der Waals surface area contributed by atoms with E-state index in [1.165, 1.54) is 0 Å². The lowest BCUT2D eigenvalue weighted by Gasteiger charge is -2.24. The minimum atomic E-state index is -0.998. The Balaban J connectivity index is 1.77. The van der Waals surface area contributed by atoms with E-state index in [-0.39, 0.29) is 11.5 Å². The van der Waals surface area contributed by atoms with Crippen molar-refractivity contribution in [1.29, 1.82) is 0 Å². The van der Waals surface area contributed by atoms with Gasteiger partial charge in [-0.2, -0.15) is 0 Å². The fourth-order valence-electron chi connectivity index (χ4n) is 3.02. The number of ether oxygens (including phenoxy) is 1. The van der Waals surface area contributed by atoms with Gasteiger partial charge < -0.3 is 24.5 Å². The van der Waals surface area contributed by atoms with Crippen molar-refractivity contribution >= 4 is 11.0 Å². The first-order valence-electron chi connectivity index (χ1n) is 7.79. The molecule has 0 aliphatic carbocycles. The van der Waals surface area contributed by atoms with E-state index in [2.05, 4.69) is 0 Å². The topological polar surface area (TPSA) is 83.1 Å². The monoisotopic (exact) mass is 326 g/mol. The second-order valence-electron chi connectivity index (χ2n) is 6.77.